The molecule has 24 heavy (non-hydrogen) atoms. The number of non-ortho nitro benzene ring substituents is 1. The summed E-state index contributed by atoms with van der Waals surface area (Å²) >= 11 is 0. The zero-order valence-electron chi connectivity index (χ0n) is 12.9. The summed E-state index contributed by atoms with van der Waals surface area (Å²) in [5.41, 5.74) is 1.57. The molecule has 1 aliphatic rings. The first kappa shape index (κ1) is 15.7. The van der Waals surface area contributed by atoms with Crippen molar-refractivity contribution in [3.8, 4) is 5.75 Å². The Balaban J connectivity index is 1.92. The smallest absolute Gasteiger partial charge is 0.271 e. The zero-order chi connectivity index (χ0) is 17.3. The Morgan fingerprint density at radius 2 is 1.96 bits per heavy atom. The topological polar surface area (TPSA) is 89.8 Å². The van der Waals surface area contributed by atoms with Crippen LogP contribution in [0.2, 0.25) is 0 Å². The second-order valence-electron chi connectivity index (χ2n) is 5.47. The summed E-state index contributed by atoms with van der Waals surface area (Å²) in [6, 6.07) is 11.0. The normalized spacial score (nSPS) is 13.2. The average molecular weight is 326 g/mol. The lowest BCUT2D eigenvalue weighted by Gasteiger charge is -2.28. The third-order valence-corrected chi connectivity index (χ3v) is 3.77. The minimum Gasteiger partial charge on any atom is -0.482 e. The van der Waals surface area contributed by atoms with Gasteiger partial charge < -0.3 is 4.74 Å². The number of hydrogen-bond acceptors (Lipinski definition) is 5. The average Bonchev–Trinajstić information content (AvgIpc) is 2.57. The molecule has 7 heteroatoms. The highest BCUT2D eigenvalue weighted by Gasteiger charge is 2.29. The van der Waals surface area contributed by atoms with Crippen LogP contribution in [0.3, 0.4) is 0 Å². The molecule has 1 amide bonds. The van der Waals surface area contributed by atoms with Crippen molar-refractivity contribution in [3.05, 3.63) is 63.7 Å². The van der Waals surface area contributed by atoms with Crippen molar-refractivity contribution < 1.29 is 19.2 Å². The Kier molecular flexibility index (Phi) is 3.99. The molecule has 0 atom stereocenters. The third kappa shape index (κ3) is 2.96. The number of nitrogens with zero attached hydrogens (tertiary/aromatic N) is 2. The number of benzene rings is 2. The lowest BCUT2D eigenvalue weighted by Crippen LogP contribution is -2.42. The fourth-order valence-electron chi connectivity index (χ4n) is 2.45. The molecule has 122 valence electrons. The second-order valence-corrected chi connectivity index (χ2v) is 5.47. The van der Waals surface area contributed by atoms with E-state index < -0.39 is 10.8 Å². The molecule has 0 bridgehead atoms. The molecular weight excluding hydrogens is 312 g/mol. The van der Waals surface area contributed by atoms with Gasteiger partial charge in [-0.25, -0.2) is 0 Å². The predicted octanol–water partition coefficient (Wildman–Crippen LogP) is 2.51. The highest BCUT2D eigenvalue weighted by molar-refractivity contribution is 6.07. The van der Waals surface area contributed by atoms with Crippen molar-refractivity contribution in [1.29, 1.82) is 0 Å². The summed E-state index contributed by atoms with van der Waals surface area (Å²) in [7, 11) is 0. The third-order valence-electron chi connectivity index (χ3n) is 3.77. The van der Waals surface area contributed by atoms with Gasteiger partial charge in [-0.1, -0.05) is 29.8 Å². The van der Waals surface area contributed by atoms with Crippen LogP contribution >= 0.6 is 0 Å². The van der Waals surface area contributed by atoms with Crippen LogP contribution in [0.1, 0.15) is 15.9 Å². The molecule has 0 spiro atoms. The lowest BCUT2D eigenvalue weighted by molar-refractivity contribution is -0.384. The van der Waals surface area contributed by atoms with Crippen molar-refractivity contribution in [1.82, 2.24) is 0 Å². The van der Waals surface area contributed by atoms with Crippen LogP contribution in [-0.4, -0.2) is 29.8 Å². The van der Waals surface area contributed by atoms with Gasteiger partial charge >= 0.3 is 0 Å². The first-order valence-electron chi connectivity index (χ1n) is 7.27. The van der Waals surface area contributed by atoms with Crippen LogP contribution in [-0.2, 0) is 4.79 Å². The van der Waals surface area contributed by atoms with Crippen molar-refractivity contribution in [2.45, 2.75) is 6.92 Å². The summed E-state index contributed by atoms with van der Waals surface area (Å²) in [4.78, 5) is 36.2. The molecule has 2 aromatic carbocycles. The van der Waals surface area contributed by atoms with Gasteiger partial charge in [0, 0.05) is 17.7 Å². The Labute approximate surface area is 137 Å². The van der Waals surface area contributed by atoms with E-state index in [1.54, 1.807) is 12.1 Å². The predicted molar refractivity (Wildman–Crippen MR) is 86.5 cm³/mol. The van der Waals surface area contributed by atoms with Crippen LogP contribution in [0.5, 0.6) is 5.75 Å². The number of rotatable bonds is 4. The van der Waals surface area contributed by atoms with E-state index in [0.29, 0.717) is 11.3 Å². The molecule has 7 nitrogen and oxygen atoms in total. The second kappa shape index (κ2) is 6.11. The van der Waals surface area contributed by atoms with E-state index in [-0.39, 0.29) is 30.3 Å². The maximum atomic E-state index is 12.4. The number of nitro benzene ring substituents is 1. The van der Waals surface area contributed by atoms with Gasteiger partial charge in [-0.15, -0.1) is 0 Å². The molecule has 0 fully saturated rings. The molecule has 0 unspecified atom stereocenters. The largest absolute Gasteiger partial charge is 0.482 e. The molecule has 0 saturated carbocycles. The number of aryl methyl sites for hydroxylation is 1. The first-order chi connectivity index (χ1) is 11.5. The van der Waals surface area contributed by atoms with Crippen LogP contribution in [0.25, 0.3) is 0 Å². The molecule has 1 aliphatic heterocycles. The number of ether oxygens (including phenoxy) is 1. The van der Waals surface area contributed by atoms with Crippen molar-refractivity contribution in [2.24, 2.45) is 0 Å². The van der Waals surface area contributed by atoms with Gasteiger partial charge in [-0.05, 0) is 13.0 Å². The van der Waals surface area contributed by atoms with E-state index in [1.165, 1.54) is 23.1 Å². The molecule has 1 heterocycles. The number of carbonyl (C=O) groups is 2. The number of nitro groups is 1. The maximum absolute atomic E-state index is 12.4. The monoisotopic (exact) mass is 326 g/mol. The highest BCUT2D eigenvalue weighted by Crippen LogP contribution is 2.35. The van der Waals surface area contributed by atoms with Gasteiger partial charge in [0.05, 0.1) is 17.2 Å². The standard InChI is InChI=1S/C17H14N2O5/c1-11-2-4-12(5-3-11)15(20)9-18-14-8-13(19(22)23)6-7-16(14)24-10-17(18)21/h2-8H,9-10H2,1H3. The molecule has 0 saturated heterocycles. The van der Waals surface area contributed by atoms with E-state index in [4.69, 9.17) is 4.74 Å². The Morgan fingerprint density at radius 3 is 2.62 bits per heavy atom. The van der Waals surface area contributed by atoms with Gasteiger partial charge in [0.2, 0.25) is 0 Å². The first-order valence-corrected chi connectivity index (χ1v) is 7.27. The number of Topliss-reactive ketones (excluding diaryl/α,β-unsaturated/α-hetero) is 1. The van der Waals surface area contributed by atoms with Crippen molar-refractivity contribution in [3.63, 3.8) is 0 Å². The molecule has 0 aliphatic carbocycles. The number of fused-ring (bicyclic) bond motifs is 1. The summed E-state index contributed by atoms with van der Waals surface area (Å²) in [5.74, 6) is -0.317. The molecule has 0 N–H and O–H groups in total. The highest BCUT2D eigenvalue weighted by atomic mass is 16.6. The Hall–Kier alpha value is -3.22. The summed E-state index contributed by atoms with van der Waals surface area (Å²) in [6.07, 6.45) is 0. The van der Waals surface area contributed by atoms with Crippen LogP contribution < -0.4 is 9.64 Å². The van der Waals surface area contributed by atoms with Gasteiger partial charge in [0.1, 0.15) is 5.75 Å². The number of hydrogen-bond donors (Lipinski definition) is 0. The summed E-state index contributed by atoms with van der Waals surface area (Å²) < 4.78 is 5.28. The number of amides is 1. The minimum absolute atomic E-state index is 0.167. The van der Waals surface area contributed by atoms with Gasteiger partial charge in [-0.3, -0.25) is 24.6 Å². The molecular formula is C17H14N2O5. The van der Waals surface area contributed by atoms with Crippen LogP contribution in [0, 0.1) is 17.0 Å². The number of carbonyl (C=O) groups excluding carboxylic acids is 2. The van der Waals surface area contributed by atoms with E-state index in [1.807, 2.05) is 19.1 Å². The fourth-order valence-corrected chi connectivity index (χ4v) is 2.45. The van der Waals surface area contributed by atoms with Crippen LogP contribution in [0.15, 0.2) is 42.5 Å². The van der Waals surface area contributed by atoms with Gasteiger partial charge in [0.15, 0.2) is 12.4 Å². The molecule has 3 rings (SSSR count). The minimum atomic E-state index is -0.556. The van der Waals surface area contributed by atoms with E-state index in [9.17, 15) is 19.7 Å². The van der Waals surface area contributed by atoms with Crippen molar-refractivity contribution >= 4 is 23.1 Å². The van der Waals surface area contributed by atoms with E-state index >= 15 is 0 Å². The van der Waals surface area contributed by atoms with E-state index in [0.717, 1.165) is 5.56 Å². The maximum Gasteiger partial charge on any atom is 0.271 e. The zero-order valence-corrected chi connectivity index (χ0v) is 12.9. The quantitative estimate of drug-likeness (QED) is 0.489. The molecule has 0 aromatic heterocycles. The molecule has 2 aromatic rings. The van der Waals surface area contributed by atoms with Gasteiger partial charge in [0.25, 0.3) is 11.6 Å². The van der Waals surface area contributed by atoms with Crippen molar-refractivity contribution in [2.75, 3.05) is 18.1 Å². The fraction of sp³-hybridized carbons (Fsp3) is 0.176. The van der Waals surface area contributed by atoms with E-state index in [2.05, 4.69) is 0 Å². The Bertz CT molecular complexity index is 829. The lowest BCUT2D eigenvalue weighted by atomic mass is 10.1. The Morgan fingerprint density at radius 1 is 1.25 bits per heavy atom. The van der Waals surface area contributed by atoms with Gasteiger partial charge in [-0.2, -0.15) is 0 Å². The summed E-state index contributed by atoms with van der Waals surface area (Å²) in [6.45, 7) is 1.51. The SMILES string of the molecule is Cc1ccc(C(=O)CN2C(=O)COc3ccc([N+](=O)[O-])cc32)cc1. The van der Waals surface area contributed by atoms with Crippen LogP contribution in [0.4, 0.5) is 11.4 Å². The number of ketones is 1. The number of anilines is 1. The molecule has 0 radical (unpaired) electrons. The summed E-state index contributed by atoms with van der Waals surface area (Å²) in [5, 5.41) is 10.9.